The molecular weight excluding hydrogens is 548 g/mol. The van der Waals surface area contributed by atoms with Crippen molar-refractivity contribution >= 4 is 11.9 Å². The fourth-order valence-electron chi connectivity index (χ4n) is 6.42. The van der Waals surface area contributed by atoms with Gasteiger partial charge in [-0.1, -0.05) is 37.3 Å². The lowest BCUT2D eigenvalue weighted by molar-refractivity contribution is -0.142. The molecule has 0 spiro atoms. The minimum absolute atomic E-state index is 0.0942. The third-order valence-electron chi connectivity index (χ3n) is 8.29. The van der Waals surface area contributed by atoms with E-state index in [1.165, 1.54) is 7.11 Å². The van der Waals surface area contributed by atoms with Gasteiger partial charge >= 0.3 is 11.9 Å². The van der Waals surface area contributed by atoms with Crippen molar-refractivity contribution in [1.29, 1.82) is 0 Å². The second kappa shape index (κ2) is 11.4. The van der Waals surface area contributed by atoms with E-state index in [9.17, 15) is 14.7 Å². The van der Waals surface area contributed by atoms with Crippen LogP contribution in [0.15, 0.2) is 78.9 Å². The first-order valence-corrected chi connectivity index (χ1v) is 14.2. The molecule has 0 amide bonds. The Bertz CT molecular complexity index is 1710. The molecule has 1 heterocycles. The Hall–Kier alpha value is -4.98. The van der Waals surface area contributed by atoms with Gasteiger partial charge in [0.25, 0.3) is 0 Å². The van der Waals surface area contributed by atoms with E-state index in [0.717, 1.165) is 39.8 Å². The van der Waals surface area contributed by atoms with Crippen LogP contribution >= 0.6 is 0 Å². The highest BCUT2D eigenvalue weighted by Crippen LogP contribution is 2.57. The Labute approximate surface area is 249 Å². The van der Waals surface area contributed by atoms with Gasteiger partial charge in [-0.05, 0) is 94.8 Å². The molecule has 0 fully saturated rings. The van der Waals surface area contributed by atoms with Crippen LogP contribution in [-0.2, 0) is 21.4 Å². The molecule has 0 aromatic heterocycles. The number of benzene rings is 4. The summed E-state index contributed by atoms with van der Waals surface area (Å²) in [5.74, 6) is 0.179. The quantitative estimate of drug-likeness (QED) is 0.232. The number of fused-ring (bicyclic) bond motifs is 2. The first-order chi connectivity index (χ1) is 20.9. The topological polar surface area (TPSA) is 101 Å². The molecule has 1 N–H and O–H groups in total. The second-order valence-corrected chi connectivity index (χ2v) is 10.6. The monoisotopic (exact) mass is 580 g/mol. The van der Waals surface area contributed by atoms with Crippen LogP contribution in [0, 0.1) is 5.92 Å². The van der Waals surface area contributed by atoms with E-state index in [1.54, 1.807) is 25.3 Å². The Morgan fingerprint density at radius 1 is 0.907 bits per heavy atom. The van der Waals surface area contributed by atoms with Crippen molar-refractivity contribution in [3.63, 3.8) is 0 Å². The maximum atomic E-state index is 13.3. The lowest BCUT2D eigenvalue weighted by Crippen LogP contribution is -2.39. The summed E-state index contributed by atoms with van der Waals surface area (Å²) in [6, 6.07) is 24.2. The summed E-state index contributed by atoms with van der Waals surface area (Å²) in [5.41, 5.74) is 3.94. The summed E-state index contributed by atoms with van der Waals surface area (Å²) >= 11 is 0. The zero-order chi connectivity index (χ0) is 30.1. The molecule has 6 rings (SSSR count). The lowest BCUT2D eigenvalue weighted by Gasteiger charge is -2.38. The van der Waals surface area contributed by atoms with Gasteiger partial charge in [-0.25, -0.2) is 4.79 Å². The van der Waals surface area contributed by atoms with Gasteiger partial charge in [0.15, 0.2) is 11.5 Å². The summed E-state index contributed by atoms with van der Waals surface area (Å²) in [7, 11) is 2.92. The lowest BCUT2D eigenvalue weighted by atomic mass is 9.63. The van der Waals surface area contributed by atoms with Crippen LogP contribution in [0.5, 0.6) is 23.0 Å². The van der Waals surface area contributed by atoms with E-state index in [2.05, 4.69) is 0 Å². The first kappa shape index (κ1) is 28.2. The number of carboxylic acids is 1. The molecule has 43 heavy (non-hydrogen) atoms. The van der Waals surface area contributed by atoms with Gasteiger partial charge in [0.1, 0.15) is 11.5 Å². The normalized spacial score (nSPS) is 18.2. The Balaban J connectivity index is 1.68. The Morgan fingerprint density at radius 2 is 1.70 bits per heavy atom. The number of esters is 1. The van der Waals surface area contributed by atoms with Crippen molar-refractivity contribution in [2.45, 2.75) is 25.2 Å². The molecule has 0 saturated heterocycles. The highest BCUT2D eigenvalue weighted by Gasteiger charge is 2.54. The van der Waals surface area contributed by atoms with E-state index in [4.69, 9.17) is 23.7 Å². The molecular formula is C35H32O8. The number of hydrogen-bond acceptors (Lipinski definition) is 7. The summed E-state index contributed by atoms with van der Waals surface area (Å²) in [6.45, 7) is 2.70. The summed E-state index contributed by atoms with van der Waals surface area (Å²) in [5, 5.41) is 10.9. The van der Waals surface area contributed by atoms with Gasteiger partial charge < -0.3 is 28.8 Å². The predicted octanol–water partition coefficient (Wildman–Crippen LogP) is 6.26. The molecule has 4 aromatic carbocycles. The van der Waals surface area contributed by atoms with Crippen LogP contribution in [0.2, 0.25) is 0 Å². The van der Waals surface area contributed by atoms with E-state index in [1.807, 2.05) is 67.6 Å². The van der Waals surface area contributed by atoms with Gasteiger partial charge in [0, 0.05) is 0 Å². The average Bonchev–Trinajstić information content (AvgIpc) is 3.65. The minimum atomic E-state index is -1.14. The molecule has 2 aliphatic rings. The first-order valence-electron chi connectivity index (χ1n) is 14.2. The third-order valence-corrected chi connectivity index (χ3v) is 8.29. The maximum absolute atomic E-state index is 13.3. The molecule has 8 nitrogen and oxygen atoms in total. The van der Waals surface area contributed by atoms with E-state index < -0.39 is 23.3 Å². The number of carbonyl (C=O) groups is 2. The van der Waals surface area contributed by atoms with Gasteiger partial charge in [-0.15, -0.1) is 0 Å². The molecule has 2 unspecified atom stereocenters. The highest BCUT2D eigenvalue weighted by molar-refractivity contribution is 5.92. The number of carbonyl (C=O) groups excluding carboxylic acids is 1. The van der Waals surface area contributed by atoms with Crippen LogP contribution in [0.1, 0.15) is 46.0 Å². The molecule has 1 aliphatic carbocycles. The smallest absolute Gasteiger partial charge is 0.337 e. The van der Waals surface area contributed by atoms with Crippen LogP contribution in [-0.4, -0.2) is 44.7 Å². The van der Waals surface area contributed by atoms with Crippen molar-refractivity contribution in [1.82, 2.24) is 0 Å². The summed E-state index contributed by atoms with van der Waals surface area (Å²) in [4.78, 5) is 25.8. The van der Waals surface area contributed by atoms with Crippen molar-refractivity contribution in [3.8, 4) is 34.1 Å². The molecule has 0 saturated carbocycles. The molecule has 0 radical (unpaired) electrons. The molecule has 220 valence electrons. The standard InChI is InChI=1S/C35H32O8/c1-4-14-41-26-10-11-28-23(16-26)17-30(33(36)37)35(28,24-8-13-31-32(18-24)43-20-42-31)29-12-9-25(39-2)19-27(29)21-6-5-7-22(15-21)34(38)40-3/h5-13,15-16,18-19,30H,4,14,17,20H2,1-3H3,(H,36,37). The molecule has 4 aromatic rings. The van der Waals surface area contributed by atoms with Crippen molar-refractivity contribution in [3.05, 3.63) is 107 Å². The molecule has 2 atom stereocenters. The molecule has 1 aliphatic heterocycles. The number of aliphatic carboxylic acids is 1. The SMILES string of the molecule is CCCOc1ccc2c(c1)CC(C(=O)O)C2(c1ccc2c(c1)OCO2)c1ccc(OC)cc1-c1cccc(C(=O)OC)c1. The number of ether oxygens (including phenoxy) is 5. The Morgan fingerprint density at radius 3 is 2.47 bits per heavy atom. The number of methoxy groups -OCH3 is 2. The van der Waals surface area contributed by atoms with Gasteiger partial charge in [-0.3, -0.25) is 4.79 Å². The second-order valence-electron chi connectivity index (χ2n) is 10.6. The van der Waals surface area contributed by atoms with Gasteiger partial charge in [-0.2, -0.15) is 0 Å². The van der Waals surface area contributed by atoms with Gasteiger partial charge in [0.2, 0.25) is 6.79 Å². The highest BCUT2D eigenvalue weighted by atomic mass is 16.7. The maximum Gasteiger partial charge on any atom is 0.337 e. The van der Waals surface area contributed by atoms with Crippen molar-refractivity contribution in [2.24, 2.45) is 5.92 Å². The molecule has 8 heteroatoms. The van der Waals surface area contributed by atoms with Crippen LogP contribution in [0.4, 0.5) is 0 Å². The van der Waals surface area contributed by atoms with Crippen molar-refractivity contribution in [2.75, 3.05) is 27.6 Å². The van der Waals surface area contributed by atoms with Crippen LogP contribution < -0.4 is 18.9 Å². The average molecular weight is 581 g/mol. The number of rotatable bonds is 9. The predicted molar refractivity (Wildman–Crippen MR) is 159 cm³/mol. The van der Waals surface area contributed by atoms with Gasteiger partial charge in [0.05, 0.1) is 37.7 Å². The zero-order valence-corrected chi connectivity index (χ0v) is 24.2. The van der Waals surface area contributed by atoms with Crippen LogP contribution in [0.25, 0.3) is 11.1 Å². The minimum Gasteiger partial charge on any atom is -0.497 e. The fraction of sp³-hybridized carbons (Fsp3) is 0.257. The summed E-state index contributed by atoms with van der Waals surface area (Å²) < 4.78 is 27.9. The van der Waals surface area contributed by atoms with E-state index in [-0.39, 0.29) is 13.2 Å². The van der Waals surface area contributed by atoms with Crippen molar-refractivity contribution < 1.29 is 38.4 Å². The Kier molecular flexibility index (Phi) is 7.44. The third kappa shape index (κ3) is 4.73. The number of hydrogen-bond donors (Lipinski definition) is 1. The largest absolute Gasteiger partial charge is 0.497 e. The molecule has 0 bridgehead atoms. The van der Waals surface area contributed by atoms with E-state index >= 15 is 0 Å². The zero-order valence-electron chi connectivity index (χ0n) is 24.2. The van der Waals surface area contributed by atoms with E-state index in [0.29, 0.717) is 35.2 Å². The fourth-order valence-corrected chi connectivity index (χ4v) is 6.42. The number of carboxylic acid groups (broad SMARTS) is 1. The van der Waals surface area contributed by atoms with Crippen LogP contribution in [0.3, 0.4) is 0 Å². The summed E-state index contributed by atoms with van der Waals surface area (Å²) in [6.07, 6.45) is 1.14.